The van der Waals surface area contributed by atoms with Crippen molar-refractivity contribution < 1.29 is 24.1 Å². The second-order valence-corrected chi connectivity index (χ2v) is 8.73. The summed E-state index contributed by atoms with van der Waals surface area (Å²) in [6.07, 6.45) is 1.35. The van der Waals surface area contributed by atoms with Crippen molar-refractivity contribution >= 4 is 33.8 Å². The molecule has 150 valence electrons. The topological polar surface area (TPSA) is 77.0 Å². The number of ether oxygens (including phenoxy) is 3. The molecule has 0 saturated heterocycles. The largest absolute Gasteiger partial charge is 0.497 e. The number of hydrogen-bond donors (Lipinski definition) is 2. The predicted octanol–water partition coefficient (Wildman–Crippen LogP) is 4.06. The maximum absolute atomic E-state index is 11.2. The Morgan fingerprint density at radius 3 is 2.42 bits per heavy atom. The molecular weight excluding hydrogens is 422 g/mol. The number of methoxy groups -OCH3 is 1. The van der Waals surface area contributed by atoms with Crippen molar-refractivity contribution in [2.45, 2.75) is 38.2 Å². The molecule has 1 rings (SSSR count). The summed E-state index contributed by atoms with van der Waals surface area (Å²) < 4.78 is 16.3. The molecule has 1 atom stereocenters. The van der Waals surface area contributed by atoms with Crippen molar-refractivity contribution in [3.05, 3.63) is 28.7 Å². The summed E-state index contributed by atoms with van der Waals surface area (Å²) in [7, 11) is 1.65. The molecule has 26 heavy (non-hydrogen) atoms. The second-order valence-electron chi connectivity index (χ2n) is 6.52. The number of amides is 1. The van der Waals surface area contributed by atoms with E-state index < -0.39 is 16.6 Å². The quantitative estimate of drug-likeness (QED) is 0.480. The Kier molecular flexibility index (Phi) is 12.0. The lowest BCUT2D eigenvalue weighted by Crippen LogP contribution is -2.35. The highest BCUT2D eigenvalue weighted by molar-refractivity contribution is 9.10. The van der Waals surface area contributed by atoms with Crippen LogP contribution in [0.15, 0.2) is 28.7 Å². The minimum atomic E-state index is -0.883. The van der Waals surface area contributed by atoms with E-state index in [0.29, 0.717) is 13.2 Å². The summed E-state index contributed by atoms with van der Waals surface area (Å²) in [4.78, 5) is 10.3. The average molecular weight is 452 g/mol. The molecule has 0 spiro atoms. The number of carbonyl (C=O) groups is 1. The van der Waals surface area contributed by atoms with Crippen molar-refractivity contribution in [3.8, 4) is 5.75 Å². The van der Waals surface area contributed by atoms with E-state index in [2.05, 4.69) is 21.2 Å². The Hall–Kier alpha value is -0.960. The second kappa shape index (κ2) is 12.4. The van der Waals surface area contributed by atoms with E-state index in [-0.39, 0.29) is 6.61 Å². The number of thioether (sulfide) groups is 1. The molecule has 0 aliphatic rings. The van der Waals surface area contributed by atoms with Crippen LogP contribution in [0.2, 0.25) is 0 Å². The third-order valence-corrected chi connectivity index (χ3v) is 4.25. The van der Waals surface area contributed by atoms with Gasteiger partial charge in [-0.3, -0.25) is 0 Å². The summed E-state index contributed by atoms with van der Waals surface area (Å²) in [5, 5.41) is 12.2. The van der Waals surface area contributed by atoms with Crippen LogP contribution in [0.4, 0.5) is 4.79 Å². The zero-order chi connectivity index (χ0) is 20.2. The van der Waals surface area contributed by atoms with E-state index in [1.807, 2.05) is 30.5 Å². The third kappa shape index (κ3) is 14.2. The van der Waals surface area contributed by atoms with Gasteiger partial charge in [0, 0.05) is 11.0 Å². The van der Waals surface area contributed by atoms with Crippen LogP contribution in [0.3, 0.4) is 0 Å². The minimum absolute atomic E-state index is 0.226. The zero-order valence-corrected chi connectivity index (χ0v) is 18.7. The van der Waals surface area contributed by atoms with Gasteiger partial charge in [-0.1, -0.05) is 22.0 Å². The molecule has 0 fully saturated rings. The smallest absolute Gasteiger partial charge is 0.407 e. The van der Waals surface area contributed by atoms with Gasteiger partial charge in [0.1, 0.15) is 16.3 Å². The van der Waals surface area contributed by atoms with E-state index >= 15 is 0 Å². The molecule has 0 aliphatic carbocycles. The maximum Gasteiger partial charge on any atom is 0.407 e. The zero-order valence-electron chi connectivity index (χ0n) is 16.3. The van der Waals surface area contributed by atoms with Gasteiger partial charge in [-0.2, -0.15) is 0 Å². The first-order valence-electron chi connectivity index (χ1n) is 8.11. The monoisotopic (exact) mass is 451 g/mol. The average Bonchev–Trinajstić information content (AvgIpc) is 2.53. The predicted molar refractivity (Wildman–Crippen MR) is 110 cm³/mol. The van der Waals surface area contributed by atoms with Gasteiger partial charge in [0.15, 0.2) is 0 Å². The first-order chi connectivity index (χ1) is 12.0. The Bertz CT molecular complexity index is 535. The van der Waals surface area contributed by atoms with E-state index in [0.717, 1.165) is 10.2 Å². The highest BCUT2D eigenvalue weighted by Gasteiger charge is 2.18. The molecular formula is C18H30BrNO5S. The number of nitrogens with one attached hydrogen (secondary N) is 1. The van der Waals surface area contributed by atoms with Crippen molar-refractivity contribution in [1.82, 2.24) is 5.32 Å². The highest BCUT2D eigenvalue weighted by Crippen LogP contribution is 2.18. The first kappa shape index (κ1) is 25.0. The number of rotatable bonds is 7. The van der Waals surface area contributed by atoms with Gasteiger partial charge in [0.2, 0.25) is 0 Å². The van der Waals surface area contributed by atoms with Crippen LogP contribution in [0.5, 0.6) is 5.75 Å². The SMILES string of the molecule is COc1cccc(Br)c1.CSC(C)(O)COCCNC(=O)OC(C)(C)C. The lowest BCUT2D eigenvalue weighted by molar-refractivity contribution is 0.0238. The van der Waals surface area contributed by atoms with E-state index in [4.69, 9.17) is 14.2 Å². The molecule has 1 unspecified atom stereocenters. The van der Waals surface area contributed by atoms with Crippen LogP contribution in [-0.4, -0.2) is 54.9 Å². The van der Waals surface area contributed by atoms with Crippen LogP contribution in [0, 0.1) is 0 Å². The van der Waals surface area contributed by atoms with Gasteiger partial charge >= 0.3 is 6.09 Å². The summed E-state index contributed by atoms with van der Waals surface area (Å²) in [5.74, 6) is 0.879. The van der Waals surface area contributed by atoms with Gasteiger partial charge < -0.3 is 24.6 Å². The maximum atomic E-state index is 11.2. The highest BCUT2D eigenvalue weighted by atomic mass is 79.9. The molecule has 0 bridgehead atoms. The molecule has 0 aromatic heterocycles. The number of benzene rings is 1. The normalized spacial score (nSPS) is 13.1. The summed E-state index contributed by atoms with van der Waals surface area (Å²) >= 11 is 4.64. The molecule has 0 heterocycles. The van der Waals surface area contributed by atoms with E-state index in [9.17, 15) is 9.90 Å². The summed E-state index contributed by atoms with van der Waals surface area (Å²) in [5.41, 5.74) is -0.493. The molecule has 1 aromatic rings. The van der Waals surface area contributed by atoms with Gasteiger partial charge in [-0.25, -0.2) is 4.79 Å². The fraction of sp³-hybridized carbons (Fsp3) is 0.611. The molecule has 1 aromatic carbocycles. The molecule has 0 aliphatic heterocycles. The van der Waals surface area contributed by atoms with Gasteiger partial charge in [0.25, 0.3) is 0 Å². The Balaban J connectivity index is 0.000000577. The Morgan fingerprint density at radius 1 is 1.31 bits per heavy atom. The van der Waals surface area contributed by atoms with Crippen molar-refractivity contribution in [2.24, 2.45) is 0 Å². The van der Waals surface area contributed by atoms with Crippen LogP contribution < -0.4 is 10.1 Å². The van der Waals surface area contributed by atoms with Crippen LogP contribution in [-0.2, 0) is 9.47 Å². The molecule has 6 nitrogen and oxygen atoms in total. The molecule has 2 N–H and O–H groups in total. The standard InChI is InChI=1S/C11H23NO4S.C7H7BrO/c1-10(2,3)16-9(13)12-6-7-15-8-11(4,14)17-5;1-9-7-4-2-3-6(8)5-7/h14H,6-8H2,1-5H3,(H,12,13);2-5H,1H3. The molecule has 8 heteroatoms. The molecule has 0 saturated carbocycles. The summed E-state index contributed by atoms with van der Waals surface area (Å²) in [6, 6.07) is 7.72. The van der Waals surface area contributed by atoms with Crippen molar-refractivity contribution in [3.63, 3.8) is 0 Å². The fourth-order valence-electron chi connectivity index (χ4n) is 1.45. The van der Waals surface area contributed by atoms with Crippen molar-refractivity contribution in [2.75, 3.05) is 33.1 Å². The Labute approximate surface area is 169 Å². The Morgan fingerprint density at radius 2 is 1.96 bits per heavy atom. The number of halogens is 1. The minimum Gasteiger partial charge on any atom is -0.497 e. The summed E-state index contributed by atoms with van der Waals surface area (Å²) in [6.45, 7) is 8.02. The van der Waals surface area contributed by atoms with Gasteiger partial charge in [0.05, 0.1) is 20.3 Å². The van der Waals surface area contributed by atoms with Crippen molar-refractivity contribution in [1.29, 1.82) is 0 Å². The van der Waals surface area contributed by atoms with E-state index in [1.54, 1.807) is 34.8 Å². The lowest BCUT2D eigenvalue weighted by Gasteiger charge is -2.21. The van der Waals surface area contributed by atoms with Gasteiger partial charge in [-0.05, 0) is 52.1 Å². The molecule has 1 amide bonds. The van der Waals surface area contributed by atoms with E-state index in [1.165, 1.54) is 11.8 Å². The van der Waals surface area contributed by atoms with Crippen LogP contribution in [0.1, 0.15) is 27.7 Å². The number of hydrogen-bond acceptors (Lipinski definition) is 6. The third-order valence-electron chi connectivity index (χ3n) is 2.76. The number of alkyl carbamates (subject to hydrolysis) is 1. The molecule has 0 radical (unpaired) electrons. The lowest BCUT2D eigenvalue weighted by atomic mass is 10.2. The van der Waals surface area contributed by atoms with Gasteiger partial charge in [-0.15, -0.1) is 11.8 Å². The first-order valence-corrected chi connectivity index (χ1v) is 10.1. The number of aliphatic hydroxyl groups is 1. The van der Waals surface area contributed by atoms with Crippen LogP contribution >= 0.6 is 27.7 Å². The van der Waals surface area contributed by atoms with Crippen LogP contribution in [0.25, 0.3) is 0 Å². The fourth-order valence-corrected chi connectivity index (χ4v) is 2.03. The number of carbonyl (C=O) groups excluding carboxylic acids is 1.